The molecule has 1 saturated carbocycles. The summed E-state index contributed by atoms with van der Waals surface area (Å²) in [7, 11) is 0. The van der Waals surface area contributed by atoms with Gasteiger partial charge in [-0.05, 0) is 76.8 Å². The van der Waals surface area contributed by atoms with Gasteiger partial charge in [-0.15, -0.1) is 0 Å². The number of amides is 2. The van der Waals surface area contributed by atoms with Gasteiger partial charge in [-0.3, -0.25) is 0 Å². The van der Waals surface area contributed by atoms with E-state index in [1.54, 1.807) is 0 Å². The van der Waals surface area contributed by atoms with E-state index >= 15 is 0 Å². The summed E-state index contributed by atoms with van der Waals surface area (Å²) in [5, 5.41) is 3.80. The van der Waals surface area contributed by atoms with Gasteiger partial charge in [0.25, 0.3) is 0 Å². The van der Waals surface area contributed by atoms with Crippen LogP contribution in [-0.2, 0) is 11.2 Å². The van der Waals surface area contributed by atoms with E-state index in [1.165, 1.54) is 12.0 Å². The van der Waals surface area contributed by atoms with E-state index < -0.39 is 0 Å². The Morgan fingerprint density at radius 2 is 1.93 bits per heavy atom. The number of hydrogen-bond donors (Lipinski definition) is 1. The molecule has 1 aliphatic carbocycles. The topological polar surface area (TPSA) is 44.8 Å². The summed E-state index contributed by atoms with van der Waals surface area (Å²) in [5.74, 6) is 0.597. The Labute approximate surface area is 182 Å². The number of carbonyl (C=O) groups excluding carboxylic acids is 1. The molecule has 0 aromatic heterocycles. The Bertz CT molecular complexity index is 689. The van der Waals surface area contributed by atoms with Crippen LogP contribution in [-0.4, -0.2) is 66.3 Å². The zero-order valence-electron chi connectivity index (χ0n) is 18.8. The maximum Gasteiger partial charge on any atom is 0.320 e. The summed E-state index contributed by atoms with van der Waals surface area (Å²) < 4.78 is 5.51. The monoisotopic (exact) mass is 413 g/mol. The lowest BCUT2D eigenvalue weighted by Gasteiger charge is -2.36. The summed E-state index contributed by atoms with van der Waals surface area (Å²) in [6, 6.07) is 11.8. The van der Waals surface area contributed by atoms with Gasteiger partial charge in [-0.1, -0.05) is 30.3 Å². The SMILES string of the molecule is CC(C)N1C(=O)N(CC2CCOCC2)CC12CCC(NCCCc1ccccc1)C2. The molecule has 1 N–H and O–H groups in total. The predicted molar refractivity (Wildman–Crippen MR) is 121 cm³/mol. The third kappa shape index (κ3) is 4.83. The molecule has 4 rings (SSSR count). The van der Waals surface area contributed by atoms with E-state index in [2.05, 4.69) is 59.3 Å². The highest BCUT2D eigenvalue weighted by Crippen LogP contribution is 2.42. The smallest absolute Gasteiger partial charge is 0.320 e. The van der Waals surface area contributed by atoms with Crippen LogP contribution < -0.4 is 5.32 Å². The van der Waals surface area contributed by atoms with Gasteiger partial charge in [0.05, 0.1) is 5.54 Å². The van der Waals surface area contributed by atoms with Crippen LogP contribution in [0.2, 0.25) is 0 Å². The molecular formula is C25H39N3O2. The van der Waals surface area contributed by atoms with Crippen molar-refractivity contribution in [3.63, 3.8) is 0 Å². The molecule has 1 aromatic rings. The van der Waals surface area contributed by atoms with Crippen molar-refractivity contribution in [3.05, 3.63) is 35.9 Å². The van der Waals surface area contributed by atoms with Crippen LogP contribution in [0.15, 0.2) is 30.3 Å². The lowest BCUT2D eigenvalue weighted by atomic mass is 9.94. The molecule has 3 fully saturated rings. The van der Waals surface area contributed by atoms with Crippen LogP contribution in [0.25, 0.3) is 0 Å². The van der Waals surface area contributed by atoms with Crippen LogP contribution in [0.4, 0.5) is 4.79 Å². The molecule has 2 aliphatic heterocycles. The first-order chi connectivity index (χ1) is 14.6. The second-order valence-corrected chi connectivity index (χ2v) is 9.89. The van der Waals surface area contributed by atoms with Gasteiger partial charge in [0.15, 0.2) is 0 Å². The van der Waals surface area contributed by atoms with Crippen molar-refractivity contribution in [1.29, 1.82) is 0 Å². The summed E-state index contributed by atoms with van der Waals surface area (Å²) in [5.41, 5.74) is 1.44. The molecule has 2 amide bonds. The van der Waals surface area contributed by atoms with Crippen molar-refractivity contribution in [3.8, 4) is 0 Å². The molecule has 0 radical (unpaired) electrons. The van der Waals surface area contributed by atoms with Crippen LogP contribution in [0, 0.1) is 5.92 Å². The minimum Gasteiger partial charge on any atom is -0.381 e. The van der Waals surface area contributed by atoms with Crippen molar-refractivity contribution < 1.29 is 9.53 Å². The number of ether oxygens (including phenoxy) is 1. The highest BCUT2D eigenvalue weighted by molar-refractivity contribution is 5.78. The van der Waals surface area contributed by atoms with Crippen LogP contribution in [0.5, 0.6) is 0 Å². The lowest BCUT2D eigenvalue weighted by Crippen LogP contribution is -2.49. The van der Waals surface area contributed by atoms with E-state index in [-0.39, 0.29) is 17.6 Å². The Morgan fingerprint density at radius 3 is 2.67 bits per heavy atom. The quantitative estimate of drug-likeness (QED) is 0.654. The number of nitrogens with zero attached hydrogens (tertiary/aromatic N) is 2. The third-order valence-corrected chi connectivity index (χ3v) is 7.31. The van der Waals surface area contributed by atoms with Crippen molar-refractivity contribution in [1.82, 2.24) is 15.1 Å². The van der Waals surface area contributed by atoms with Crippen LogP contribution in [0.3, 0.4) is 0 Å². The standard InChI is InChI=1S/C25H39N3O2/c1-20(2)28-24(29)27(18-22-11-15-30-16-12-22)19-25(28)13-10-23(17-25)26-14-6-9-21-7-4-3-5-8-21/h3-5,7-8,20,22-23,26H,6,9-19H2,1-2H3. The first-order valence-corrected chi connectivity index (χ1v) is 12.0. The van der Waals surface area contributed by atoms with Crippen molar-refractivity contribution in [2.24, 2.45) is 5.92 Å². The molecule has 0 bridgehead atoms. The lowest BCUT2D eigenvalue weighted by molar-refractivity contribution is 0.0576. The normalized spacial score (nSPS) is 27.7. The van der Waals surface area contributed by atoms with Crippen molar-refractivity contribution >= 4 is 6.03 Å². The first kappa shape index (κ1) is 21.6. The van der Waals surface area contributed by atoms with Crippen molar-refractivity contribution in [2.45, 2.75) is 76.4 Å². The molecule has 2 heterocycles. The fourth-order valence-corrected chi connectivity index (χ4v) is 5.89. The maximum absolute atomic E-state index is 13.3. The first-order valence-electron chi connectivity index (χ1n) is 12.0. The van der Waals surface area contributed by atoms with Crippen molar-refractivity contribution in [2.75, 3.05) is 32.8 Å². The Morgan fingerprint density at radius 1 is 1.17 bits per heavy atom. The van der Waals surface area contributed by atoms with E-state index in [4.69, 9.17) is 4.74 Å². The van der Waals surface area contributed by atoms with Gasteiger partial charge in [0, 0.05) is 38.4 Å². The molecule has 2 unspecified atom stereocenters. The van der Waals surface area contributed by atoms with E-state index in [0.29, 0.717) is 12.0 Å². The van der Waals surface area contributed by atoms with Crippen LogP contribution in [0.1, 0.15) is 57.9 Å². The average molecular weight is 414 g/mol. The number of carbonyl (C=O) groups is 1. The summed E-state index contributed by atoms with van der Waals surface area (Å²) in [4.78, 5) is 17.7. The van der Waals surface area contributed by atoms with Gasteiger partial charge in [0.2, 0.25) is 0 Å². The second-order valence-electron chi connectivity index (χ2n) is 9.89. The fraction of sp³-hybridized carbons (Fsp3) is 0.720. The van der Waals surface area contributed by atoms with Gasteiger partial charge < -0.3 is 19.9 Å². The number of rotatable bonds is 8. The number of nitrogens with one attached hydrogen (secondary N) is 1. The molecule has 30 heavy (non-hydrogen) atoms. The van der Waals surface area contributed by atoms with Gasteiger partial charge in [-0.2, -0.15) is 0 Å². The number of benzene rings is 1. The molecule has 2 atom stereocenters. The summed E-state index contributed by atoms with van der Waals surface area (Å²) in [6.45, 7) is 8.92. The number of aryl methyl sites for hydroxylation is 1. The zero-order valence-corrected chi connectivity index (χ0v) is 18.8. The Kier molecular flexibility index (Phi) is 6.99. The largest absolute Gasteiger partial charge is 0.381 e. The molecular weight excluding hydrogens is 374 g/mol. The maximum atomic E-state index is 13.3. The van der Waals surface area contributed by atoms with Gasteiger partial charge in [-0.25, -0.2) is 4.79 Å². The van der Waals surface area contributed by atoms with E-state index in [9.17, 15) is 4.79 Å². The minimum absolute atomic E-state index is 0.0213. The Hall–Kier alpha value is -1.59. The summed E-state index contributed by atoms with van der Waals surface area (Å²) >= 11 is 0. The van der Waals surface area contributed by atoms with Gasteiger partial charge in [0.1, 0.15) is 0 Å². The van der Waals surface area contributed by atoms with E-state index in [1.807, 2.05) is 0 Å². The minimum atomic E-state index is 0.0213. The molecule has 3 aliphatic rings. The highest BCUT2D eigenvalue weighted by Gasteiger charge is 2.54. The summed E-state index contributed by atoms with van der Waals surface area (Å²) in [6.07, 6.45) is 7.85. The Balaban J connectivity index is 1.31. The number of hydrogen-bond acceptors (Lipinski definition) is 3. The van der Waals surface area contributed by atoms with E-state index in [0.717, 1.165) is 71.4 Å². The molecule has 1 spiro atoms. The van der Waals surface area contributed by atoms with Crippen LogP contribution >= 0.6 is 0 Å². The number of urea groups is 1. The predicted octanol–water partition coefficient (Wildman–Crippen LogP) is 4.07. The average Bonchev–Trinajstić information content (AvgIpc) is 3.27. The highest BCUT2D eigenvalue weighted by atomic mass is 16.5. The second kappa shape index (κ2) is 9.69. The molecule has 1 aromatic carbocycles. The fourth-order valence-electron chi connectivity index (χ4n) is 5.89. The molecule has 166 valence electrons. The third-order valence-electron chi connectivity index (χ3n) is 7.31. The van der Waals surface area contributed by atoms with Gasteiger partial charge >= 0.3 is 6.03 Å². The molecule has 5 heteroatoms. The zero-order chi connectivity index (χ0) is 21.0. The molecule has 5 nitrogen and oxygen atoms in total. The molecule has 2 saturated heterocycles.